The molecule has 0 radical (unpaired) electrons. The monoisotopic (exact) mass is 371 g/mol. The summed E-state index contributed by atoms with van der Waals surface area (Å²) in [6, 6.07) is 15.4. The van der Waals surface area contributed by atoms with Gasteiger partial charge < -0.3 is 4.42 Å². The average Bonchev–Trinajstić information content (AvgIpc) is 2.98. The summed E-state index contributed by atoms with van der Waals surface area (Å²) < 4.78 is 6.39. The van der Waals surface area contributed by atoms with Gasteiger partial charge in [-0.05, 0) is 30.7 Å². The van der Waals surface area contributed by atoms with Gasteiger partial charge in [-0.15, -0.1) is 5.10 Å². The summed E-state index contributed by atoms with van der Waals surface area (Å²) in [5, 5.41) is 10.4. The summed E-state index contributed by atoms with van der Waals surface area (Å²) in [7, 11) is 0. The molecular weight excluding hydrogens is 358 g/mol. The van der Waals surface area contributed by atoms with E-state index in [-0.39, 0.29) is 18.3 Å². The van der Waals surface area contributed by atoms with Crippen molar-refractivity contribution >= 4 is 27.9 Å². The number of hydrogen-bond donors (Lipinski definition) is 1. The fourth-order valence-electron chi connectivity index (χ4n) is 2.07. The summed E-state index contributed by atoms with van der Waals surface area (Å²) >= 11 is 3.39. The lowest BCUT2D eigenvalue weighted by Crippen LogP contribution is -2.14. The number of carbonyl (C=O) groups excluding carboxylic acids is 1. The Morgan fingerprint density at radius 3 is 2.70 bits per heavy atom. The van der Waals surface area contributed by atoms with Crippen LogP contribution in [-0.4, -0.2) is 16.1 Å². The molecule has 3 aromatic rings. The zero-order chi connectivity index (χ0) is 16.2. The third kappa shape index (κ3) is 4.04. The molecule has 6 heteroatoms. The minimum absolute atomic E-state index is 0.0945. The van der Waals surface area contributed by atoms with Crippen LogP contribution in [0.25, 0.3) is 11.5 Å². The van der Waals surface area contributed by atoms with Gasteiger partial charge in [0.25, 0.3) is 0 Å². The molecule has 0 unspecified atom stereocenters. The molecule has 0 saturated carbocycles. The molecule has 1 heterocycles. The molecule has 23 heavy (non-hydrogen) atoms. The molecule has 0 atom stereocenters. The molecule has 1 amide bonds. The lowest BCUT2D eigenvalue weighted by molar-refractivity contribution is -0.115. The lowest BCUT2D eigenvalue weighted by atomic mass is 10.1. The zero-order valence-corrected chi connectivity index (χ0v) is 14.0. The van der Waals surface area contributed by atoms with Crippen molar-refractivity contribution in [3.05, 3.63) is 64.1 Å². The summed E-state index contributed by atoms with van der Waals surface area (Å²) in [5.41, 5.74) is 2.87. The first-order valence-electron chi connectivity index (χ1n) is 7.05. The first kappa shape index (κ1) is 15.4. The van der Waals surface area contributed by atoms with Crippen molar-refractivity contribution in [2.24, 2.45) is 0 Å². The van der Waals surface area contributed by atoms with E-state index in [1.54, 1.807) is 0 Å². The minimum atomic E-state index is -0.196. The van der Waals surface area contributed by atoms with Crippen molar-refractivity contribution in [3.63, 3.8) is 0 Å². The number of benzene rings is 2. The van der Waals surface area contributed by atoms with E-state index >= 15 is 0 Å². The number of nitrogens with one attached hydrogen (secondary N) is 1. The Bertz CT molecular complexity index is 828. The third-order valence-electron chi connectivity index (χ3n) is 3.23. The van der Waals surface area contributed by atoms with Crippen LogP contribution in [-0.2, 0) is 11.2 Å². The second-order valence-corrected chi connectivity index (χ2v) is 6.05. The van der Waals surface area contributed by atoms with E-state index in [0.717, 1.165) is 21.2 Å². The van der Waals surface area contributed by atoms with Gasteiger partial charge in [0.2, 0.25) is 11.8 Å². The number of aromatic nitrogens is 2. The largest absolute Gasteiger partial charge is 0.403 e. The van der Waals surface area contributed by atoms with Crippen molar-refractivity contribution in [2.45, 2.75) is 13.3 Å². The van der Waals surface area contributed by atoms with Gasteiger partial charge in [0.1, 0.15) is 0 Å². The van der Waals surface area contributed by atoms with Crippen LogP contribution in [0.2, 0.25) is 0 Å². The predicted molar refractivity (Wildman–Crippen MR) is 90.9 cm³/mol. The van der Waals surface area contributed by atoms with E-state index in [2.05, 4.69) is 31.4 Å². The predicted octanol–water partition coefficient (Wildman–Crippen LogP) is 3.99. The molecule has 3 rings (SSSR count). The molecule has 1 N–H and O–H groups in total. The van der Waals surface area contributed by atoms with Crippen molar-refractivity contribution in [1.82, 2.24) is 10.2 Å². The number of halogens is 1. The maximum Gasteiger partial charge on any atom is 0.322 e. The fraction of sp³-hybridized carbons (Fsp3) is 0.118. The van der Waals surface area contributed by atoms with Crippen LogP contribution in [0.15, 0.2) is 57.4 Å². The molecule has 5 nitrogen and oxygen atoms in total. The molecule has 0 spiro atoms. The number of anilines is 1. The Morgan fingerprint density at radius 1 is 1.17 bits per heavy atom. The second kappa shape index (κ2) is 6.75. The number of nitrogens with zero attached hydrogens (tertiary/aromatic N) is 2. The first-order chi connectivity index (χ1) is 11.1. The molecule has 0 aliphatic carbocycles. The molecule has 0 aliphatic heterocycles. The van der Waals surface area contributed by atoms with Gasteiger partial charge in [0.15, 0.2) is 0 Å². The maximum absolute atomic E-state index is 12.0. The number of rotatable bonds is 4. The Kier molecular flexibility index (Phi) is 4.52. The van der Waals surface area contributed by atoms with Crippen molar-refractivity contribution in [1.29, 1.82) is 0 Å². The zero-order valence-electron chi connectivity index (χ0n) is 12.4. The standard InChI is InChI=1S/C17H14BrN3O2/c1-11-5-7-12(8-6-11)9-15(22)19-17-21-20-16(23-17)13-3-2-4-14(18)10-13/h2-8,10H,9H2,1H3,(H,19,21,22). The molecule has 0 bridgehead atoms. The van der Waals surface area contributed by atoms with Crippen LogP contribution in [0.1, 0.15) is 11.1 Å². The van der Waals surface area contributed by atoms with Gasteiger partial charge in [-0.1, -0.05) is 56.9 Å². The molecular formula is C17H14BrN3O2. The van der Waals surface area contributed by atoms with Gasteiger partial charge in [0.05, 0.1) is 6.42 Å². The lowest BCUT2D eigenvalue weighted by Gasteiger charge is -2.01. The molecule has 2 aromatic carbocycles. The summed E-state index contributed by atoms with van der Waals surface area (Å²) in [4.78, 5) is 12.0. The van der Waals surface area contributed by atoms with E-state index in [4.69, 9.17) is 4.42 Å². The normalized spacial score (nSPS) is 10.5. The van der Waals surface area contributed by atoms with Gasteiger partial charge in [-0.3, -0.25) is 10.1 Å². The number of carbonyl (C=O) groups is 1. The van der Waals surface area contributed by atoms with Gasteiger partial charge in [0, 0.05) is 10.0 Å². The number of hydrogen-bond acceptors (Lipinski definition) is 4. The summed E-state index contributed by atoms with van der Waals surface area (Å²) in [6.45, 7) is 2.01. The quantitative estimate of drug-likeness (QED) is 0.752. The van der Waals surface area contributed by atoms with Gasteiger partial charge >= 0.3 is 6.01 Å². The van der Waals surface area contributed by atoms with E-state index in [0.29, 0.717) is 5.89 Å². The van der Waals surface area contributed by atoms with Crippen molar-refractivity contribution in [2.75, 3.05) is 5.32 Å². The van der Waals surface area contributed by atoms with Crippen LogP contribution in [0, 0.1) is 6.92 Å². The topological polar surface area (TPSA) is 68.0 Å². The molecule has 1 aromatic heterocycles. The van der Waals surface area contributed by atoms with E-state index in [9.17, 15) is 4.79 Å². The summed E-state index contributed by atoms with van der Waals surface area (Å²) in [5.74, 6) is 0.162. The Labute approximate surface area is 141 Å². The second-order valence-electron chi connectivity index (χ2n) is 5.13. The number of aryl methyl sites for hydroxylation is 1. The van der Waals surface area contributed by atoms with Crippen LogP contribution in [0.3, 0.4) is 0 Å². The number of amides is 1. The van der Waals surface area contributed by atoms with Crippen molar-refractivity contribution < 1.29 is 9.21 Å². The fourth-order valence-corrected chi connectivity index (χ4v) is 2.47. The molecule has 0 fully saturated rings. The highest BCUT2D eigenvalue weighted by Crippen LogP contribution is 2.23. The van der Waals surface area contributed by atoms with Gasteiger partial charge in [-0.2, -0.15) is 0 Å². The smallest absolute Gasteiger partial charge is 0.322 e. The summed E-state index contributed by atoms with van der Waals surface area (Å²) in [6.07, 6.45) is 0.259. The van der Waals surface area contributed by atoms with Crippen LogP contribution < -0.4 is 5.32 Å². The van der Waals surface area contributed by atoms with Crippen LogP contribution in [0.4, 0.5) is 6.01 Å². The first-order valence-corrected chi connectivity index (χ1v) is 7.84. The SMILES string of the molecule is Cc1ccc(CC(=O)Nc2nnc(-c3cccc(Br)c3)o2)cc1. The highest BCUT2D eigenvalue weighted by atomic mass is 79.9. The van der Waals surface area contributed by atoms with E-state index in [1.165, 1.54) is 0 Å². The Hall–Kier alpha value is -2.47. The van der Waals surface area contributed by atoms with E-state index in [1.807, 2.05) is 55.5 Å². The average molecular weight is 372 g/mol. The molecule has 0 saturated heterocycles. The van der Waals surface area contributed by atoms with E-state index < -0.39 is 0 Å². The Morgan fingerprint density at radius 2 is 1.96 bits per heavy atom. The molecule has 0 aliphatic rings. The van der Waals surface area contributed by atoms with Crippen LogP contribution in [0.5, 0.6) is 0 Å². The van der Waals surface area contributed by atoms with Crippen LogP contribution >= 0.6 is 15.9 Å². The maximum atomic E-state index is 12.0. The Balaban J connectivity index is 1.66. The van der Waals surface area contributed by atoms with Crippen molar-refractivity contribution in [3.8, 4) is 11.5 Å². The highest BCUT2D eigenvalue weighted by molar-refractivity contribution is 9.10. The van der Waals surface area contributed by atoms with Gasteiger partial charge in [-0.25, -0.2) is 0 Å². The third-order valence-corrected chi connectivity index (χ3v) is 3.72. The highest BCUT2D eigenvalue weighted by Gasteiger charge is 2.12. The molecule has 116 valence electrons. The minimum Gasteiger partial charge on any atom is -0.403 e.